The average molecular weight is 380 g/mol. The minimum absolute atomic E-state index is 0.131. The summed E-state index contributed by atoms with van der Waals surface area (Å²) < 4.78 is 14.5. The van der Waals surface area contributed by atoms with Gasteiger partial charge in [-0.15, -0.1) is 16.8 Å². The number of fused-ring (bicyclic) bond motifs is 1. The Kier molecular flexibility index (Phi) is 5.59. The summed E-state index contributed by atoms with van der Waals surface area (Å²) in [6, 6.07) is 12.1. The molecular weight excluding hydrogens is 363 g/mol. The van der Waals surface area contributed by atoms with Crippen molar-refractivity contribution in [2.75, 3.05) is 6.54 Å². The van der Waals surface area contributed by atoms with Gasteiger partial charge in [-0.3, -0.25) is 9.59 Å². The lowest BCUT2D eigenvalue weighted by Crippen LogP contribution is -2.28. The van der Waals surface area contributed by atoms with Gasteiger partial charge in [-0.25, -0.2) is 4.39 Å². The van der Waals surface area contributed by atoms with Crippen LogP contribution >= 0.6 is 0 Å². The number of amides is 2. The van der Waals surface area contributed by atoms with E-state index in [2.05, 4.69) is 22.1 Å². The van der Waals surface area contributed by atoms with Crippen LogP contribution in [0.15, 0.2) is 71.4 Å². The number of azo groups is 1. The number of benzene rings is 2. The molecule has 28 heavy (non-hydrogen) atoms. The van der Waals surface area contributed by atoms with Gasteiger partial charge in [0.25, 0.3) is 11.8 Å². The summed E-state index contributed by atoms with van der Waals surface area (Å²) in [5.41, 5.74) is 1.11. The number of allylic oxidation sites excluding steroid dienone is 1. The molecule has 0 saturated heterocycles. The number of para-hydroxylation sites is 1. The number of carbonyl (C=O) groups is 2. The van der Waals surface area contributed by atoms with E-state index in [1.165, 1.54) is 12.1 Å². The molecule has 2 amide bonds. The minimum atomic E-state index is -0.699. The Balaban J connectivity index is 1.72. The maximum atomic E-state index is 12.9. The number of carbonyl (C=O) groups excluding carboxylic acids is 2. The van der Waals surface area contributed by atoms with Crippen LogP contribution in [0.4, 0.5) is 10.1 Å². The largest absolute Gasteiger partial charge is 0.493 e. The second kappa shape index (κ2) is 8.26. The van der Waals surface area contributed by atoms with E-state index < -0.39 is 17.6 Å². The van der Waals surface area contributed by atoms with Crippen molar-refractivity contribution in [2.45, 2.75) is 6.54 Å². The van der Waals surface area contributed by atoms with Gasteiger partial charge in [0.15, 0.2) is 5.69 Å². The zero-order valence-corrected chi connectivity index (χ0v) is 14.8. The standard InChI is InChI=1S/C20H17FN4O3/c1-2-11-25-16-6-4-3-5-15(16)18(20(25)28)24-23-17(26)12-22-19(27)13-7-9-14(21)10-8-13/h2-10,28H,1,11-12H2,(H,22,27). The Morgan fingerprint density at radius 3 is 2.61 bits per heavy atom. The lowest BCUT2D eigenvalue weighted by molar-refractivity contribution is -0.117. The molecule has 0 aliphatic heterocycles. The average Bonchev–Trinajstić information content (AvgIpc) is 2.97. The van der Waals surface area contributed by atoms with E-state index in [1.54, 1.807) is 22.8 Å². The molecule has 142 valence electrons. The van der Waals surface area contributed by atoms with Gasteiger partial charge in [0.05, 0.1) is 5.52 Å². The highest BCUT2D eigenvalue weighted by Gasteiger charge is 2.16. The Labute approximate surface area is 159 Å². The molecule has 8 heteroatoms. The van der Waals surface area contributed by atoms with Gasteiger partial charge in [0, 0.05) is 17.5 Å². The van der Waals surface area contributed by atoms with E-state index in [9.17, 15) is 19.1 Å². The van der Waals surface area contributed by atoms with E-state index in [1.807, 2.05) is 12.1 Å². The van der Waals surface area contributed by atoms with E-state index in [4.69, 9.17) is 0 Å². The molecular formula is C20H17FN4O3. The van der Waals surface area contributed by atoms with Crippen molar-refractivity contribution in [1.29, 1.82) is 0 Å². The number of halogens is 1. The first-order valence-corrected chi connectivity index (χ1v) is 8.40. The first-order chi connectivity index (χ1) is 13.5. The highest BCUT2D eigenvalue weighted by Crippen LogP contribution is 2.38. The molecule has 0 radical (unpaired) electrons. The summed E-state index contributed by atoms with van der Waals surface area (Å²) in [5, 5.41) is 20.9. The van der Waals surface area contributed by atoms with Crippen LogP contribution in [0, 0.1) is 5.82 Å². The molecule has 0 bridgehead atoms. The summed E-state index contributed by atoms with van der Waals surface area (Å²) in [7, 11) is 0. The Hall–Kier alpha value is -3.81. The van der Waals surface area contributed by atoms with Crippen LogP contribution in [0.25, 0.3) is 10.9 Å². The van der Waals surface area contributed by atoms with E-state index in [0.29, 0.717) is 11.9 Å². The molecule has 0 aliphatic rings. The van der Waals surface area contributed by atoms with Crippen molar-refractivity contribution >= 4 is 28.4 Å². The molecule has 1 heterocycles. The van der Waals surface area contributed by atoms with Crippen molar-refractivity contribution in [2.24, 2.45) is 10.2 Å². The van der Waals surface area contributed by atoms with Gasteiger partial charge < -0.3 is 15.0 Å². The molecule has 0 aliphatic carbocycles. The van der Waals surface area contributed by atoms with Crippen LogP contribution in [0.3, 0.4) is 0 Å². The van der Waals surface area contributed by atoms with Gasteiger partial charge in [0.2, 0.25) is 5.88 Å². The second-order valence-corrected chi connectivity index (χ2v) is 5.87. The van der Waals surface area contributed by atoms with Crippen LogP contribution in [-0.2, 0) is 11.3 Å². The second-order valence-electron chi connectivity index (χ2n) is 5.87. The molecule has 0 spiro atoms. The lowest BCUT2D eigenvalue weighted by atomic mass is 10.2. The Bertz CT molecular complexity index is 1070. The molecule has 1 aromatic heterocycles. The summed E-state index contributed by atoms with van der Waals surface area (Å²) >= 11 is 0. The molecule has 0 fully saturated rings. The number of hydrogen-bond acceptors (Lipinski definition) is 4. The van der Waals surface area contributed by atoms with E-state index in [0.717, 1.165) is 17.6 Å². The number of aromatic hydroxyl groups is 1. The molecule has 0 atom stereocenters. The summed E-state index contributed by atoms with van der Waals surface area (Å²) in [6.07, 6.45) is 1.63. The maximum absolute atomic E-state index is 12.9. The predicted octanol–water partition coefficient (Wildman–Crippen LogP) is 3.71. The quantitative estimate of drug-likeness (QED) is 0.504. The molecule has 2 aromatic carbocycles. The normalized spacial score (nSPS) is 11.0. The number of aromatic nitrogens is 1. The molecule has 3 rings (SSSR count). The molecule has 7 nitrogen and oxygen atoms in total. The lowest BCUT2D eigenvalue weighted by Gasteiger charge is -2.02. The summed E-state index contributed by atoms with van der Waals surface area (Å²) in [6.45, 7) is 3.64. The monoisotopic (exact) mass is 380 g/mol. The third-order valence-electron chi connectivity index (χ3n) is 4.00. The number of rotatable bonds is 6. The topological polar surface area (TPSA) is 96.0 Å². The highest BCUT2D eigenvalue weighted by atomic mass is 19.1. The van der Waals surface area contributed by atoms with Crippen molar-refractivity contribution in [3.05, 3.63) is 72.6 Å². The number of nitrogens with one attached hydrogen (secondary N) is 1. The van der Waals surface area contributed by atoms with E-state index in [-0.39, 0.29) is 23.7 Å². The summed E-state index contributed by atoms with van der Waals surface area (Å²) in [5.74, 6) is -1.82. The van der Waals surface area contributed by atoms with Crippen LogP contribution in [0.2, 0.25) is 0 Å². The Morgan fingerprint density at radius 1 is 1.18 bits per heavy atom. The molecule has 2 N–H and O–H groups in total. The van der Waals surface area contributed by atoms with Crippen LogP contribution in [0.1, 0.15) is 10.4 Å². The van der Waals surface area contributed by atoms with Gasteiger partial charge in [-0.1, -0.05) is 24.3 Å². The molecule has 0 unspecified atom stereocenters. The van der Waals surface area contributed by atoms with E-state index >= 15 is 0 Å². The molecule has 3 aromatic rings. The van der Waals surface area contributed by atoms with Crippen LogP contribution in [-0.4, -0.2) is 28.0 Å². The zero-order valence-electron chi connectivity index (χ0n) is 14.8. The number of hydrogen-bond donors (Lipinski definition) is 2. The zero-order chi connectivity index (χ0) is 20.1. The third kappa shape index (κ3) is 3.96. The smallest absolute Gasteiger partial charge is 0.283 e. The fraction of sp³-hybridized carbons (Fsp3) is 0.100. The summed E-state index contributed by atoms with van der Waals surface area (Å²) in [4.78, 5) is 23.9. The minimum Gasteiger partial charge on any atom is -0.493 e. The highest BCUT2D eigenvalue weighted by molar-refractivity contribution is 5.97. The van der Waals surface area contributed by atoms with Crippen LogP contribution in [0.5, 0.6) is 5.88 Å². The van der Waals surface area contributed by atoms with Crippen molar-refractivity contribution < 1.29 is 19.1 Å². The SMILES string of the molecule is C=CCn1c(O)c(N=NC(=O)CNC(=O)c2ccc(F)cc2)c2ccccc21. The first kappa shape index (κ1) is 19.0. The van der Waals surface area contributed by atoms with Gasteiger partial charge >= 0.3 is 0 Å². The fourth-order valence-electron chi connectivity index (χ4n) is 2.68. The van der Waals surface area contributed by atoms with Crippen molar-refractivity contribution in [1.82, 2.24) is 9.88 Å². The van der Waals surface area contributed by atoms with Crippen molar-refractivity contribution in [3.63, 3.8) is 0 Å². The van der Waals surface area contributed by atoms with Gasteiger partial charge in [-0.2, -0.15) is 0 Å². The predicted molar refractivity (Wildman–Crippen MR) is 102 cm³/mol. The fourth-order valence-corrected chi connectivity index (χ4v) is 2.68. The maximum Gasteiger partial charge on any atom is 0.283 e. The van der Waals surface area contributed by atoms with Gasteiger partial charge in [-0.05, 0) is 30.3 Å². The molecule has 0 saturated carbocycles. The van der Waals surface area contributed by atoms with Gasteiger partial charge in [0.1, 0.15) is 12.4 Å². The Morgan fingerprint density at radius 2 is 1.89 bits per heavy atom. The third-order valence-corrected chi connectivity index (χ3v) is 4.00. The first-order valence-electron chi connectivity index (χ1n) is 8.40. The van der Waals surface area contributed by atoms with Crippen LogP contribution < -0.4 is 5.32 Å². The van der Waals surface area contributed by atoms with Crippen molar-refractivity contribution in [3.8, 4) is 5.88 Å². The number of nitrogens with zero attached hydrogens (tertiary/aromatic N) is 3.